The van der Waals surface area contributed by atoms with E-state index in [9.17, 15) is 0 Å². The maximum absolute atomic E-state index is 6.23. The SMILES string of the molecule is COCCNc1ncc(-c2ccc(Cl)c3cccnc23)s1. The van der Waals surface area contributed by atoms with Crippen LogP contribution in [0.4, 0.5) is 5.13 Å². The maximum Gasteiger partial charge on any atom is 0.183 e. The number of benzene rings is 1. The number of aromatic nitrogens is 2. The first-order chi connectivity index (χ1) is 10.3. The zero-order valence-electron chi connectivity index (χ0n) is 11.5. The van der Waals surface area contributed by atoms with Crippen molar-refractivity contribution in [1.29, 1.82) is 0 Å². The van der Waals surface area contributed by atoms with Gasteiger partial charge in [0.1, 0.15) is 0 Å². The Hall–Kier alpha value is -1.69. The number of halogens is 1. The van der Waals surface area contributed by atoms with Gasteiger partial charge < -0.3 is 10.1 Å². The Kier molecular flexibility index (Phi) is 4.34. The van der Waals surface area contributed by atoms with Gasteiger partial charge in [0.05, 0.1) is 22.0 Å². The predicted molar refractivity (Wildman–Crippen MR) is 88.2 cm³/mol. The van der Waals surface area contributed by atoms with E-state index in [0.29, 0.717) is 11.6 Å². The number of thiazole rings is 1. The van der Waals surface area contributed by atoms with E-state index >= 15 is 0 Å². The lowest BCUT2D eigenvalue weighted by Gasteiger charge is -2.04. The van der Waals surface area contributed by atoms with E-state index in [1.165, 1.54) is 0 Å². The van der Waals surface area contributed by atoms with Gasteiger partial charge in [-0.25, -0.2) is 4.98 Å². The summed E-state index contributed by atoms with van der Waals surface area (Å²) in [5.74, 6) is 0. The first-order valence-corrected chi connectivity index (χ1v) is 7.71. The molecule has 0 saturated carbocycles. The highest BCUT2D eigenvalue weighted by molar-refractivity contribution is 7.19. The van der Waals surface area contributed by atoms with E-state index in [-0.39, 0.29) is 0 Å². The first-order valence-electron chi connectivity index (χ1n) is 6.52. The minimum absolute atomic E-state index is 0.653. The molecule has 2 aromatic heterocycles. The van der Waals surface area contributed by atoms with E-state index in [2.05, 4.69) is 15.3 Å². The molecule has 0 radical (unpaired) electrons. The number of methoxy groups -OCH3 is 1. The zero-order valence-corrected chi connectivity index (χ0v) is 13.0. The van der Waals surface area contributed by atoms with Crippen LogP contribution in [-0.4, -0.2) is 30.2 Å². The fraction of sp³-hybridized carbons (Fsp3) is 0.200. The van der Waals surface area contributed by atoms with E-state index in [0.717, 1.165) is 33.0 Å². The van der Waals surface area contributed by atoms with Gasteiger partial charge in [-0.3, -0.25) is 4.98 Å². The molecule has 0 aliphatic carbocycles. The highest BCUT2D eigenvalue weighted by Gasteiger charge is 2.10. The highest BCUT2D eigenvalue weighted by Crippen LogP contribution is 2.35. The molecule has 0 spiro atoms. The van der Waals surface area contributed by atoms with Crippen molar-refractivity contribution in [2.24, 2.45) is 0 Å². The molecular formula is C15H14ClN3OS. The molecule has 4 nitrogen and oxygen atoms in total. The average Bonchev–Trinajstić information content (AvgIpc) is 2.97. The lowest BCUT2D eigenvalue weighted by molar-refractivity contribution is 0.211. The van der Waals surface area contributed by atoms with Crippen LogP contribution in [-0.2, 0) is 4.74 Å². The second kappa shape index (κ2) is 6.39. The summed E-state index contributed by atoms with van der Waals surface area (Å²) in [6, 6.07) is 7.76. The Balaban J connectivity index is 1.96. The minimum Gasteiger partial charge on any atom is -0.383 e. The van der Waals surface area contributed by atoms with Gasteiger partial charge in [0.25, 0.3) is 0 Å². The second-order valence-electron chi connectivity index (χ2n) is 4.44. The fourth-order valence-electron chi connectivity index (χ4n) is 2.08. The van der Waals surface area contributed by atoms with Crippen LogP contribution in [0.1, 0.15) is 0 Å². The molecule has 21 heavy (non-hydrogen) atoms. The largest absolute Gasteiger partial charge is 0.383 e. The molecule has 1 aromatic carbocycles. The number of nitrogens with zero attached hydrogens (tertiary/aromatic N) is 2. The molecule has 3 aromatic rings. The topological polar surface area (TPSA) is 47.0 Å². The van der Waals surface area contributed by atoms with Gasteiger partial charge in [-0.1, -0.05) is 22.9 Å². The van der Waals surface area contributed by atoms with Gasteiger partial charge in [-0.2, -0.15) is 0 Å². The quantitative estimate of drug-likeness (QED) is 0.720. The molecule has 3 rings (SSSR count). The molecule has 0 aliphatic heterocycles. The highest BCUT2D eigenvalue weighted by atomic mass is 35.5. The summed E-state index contributed by atoms with van der Waals surface area (Å²) in [6.07, 6.45) is 3.64. The smallest absolute Gasteiger partial charge is 0.183 e. The number of hydrogen-bond acceptors (Lipinski definition) is 5. The third kappa shape index (κ3) is 3.00. The van der Waals surface area contributed by atoms with Gasteiger partial charge in [0, 0.05) is 37.0 Å². The van der Waals surface area contributed by atoms with Crippen molar-refractivity contribution >= 4 is 39.0 Å². The summed E-state index contributed by atoms with van der Waals surface area (Å²) < 4.78 is 5.02. The number of anilines is 1. The van der Waals surface area contributed by atoms with E-state index < -0.39 is 0 Å². The fourth-order valence-corrected chi connectivity index (χ4v) is 3.16. The Labute approximate surface area is 131 Å². The molecular weight excluding hydrogens is 306 g/mol. The van der Waals surface area contributed by atoms with Crippen molar-refractivity contribution in [3.05, 3.63) is 41.7 Å². The number of ether oxygens (including phenoxy) is 1. The van der Waals surface area contributed by atoms with Crippen LogP contribution in [0, 0.1) is 0 Å². The number of pyridine rings is 1. The number of rotatable bonds is 5. The summed E-state index contributed by atoms with van der Waals surface area (Å²) in [5, 5.41) is 5.78. The van der Waals surface area contributed by atoms with E-state index in [4.69, 9.17) is 16.3 Å². The van der Waals surface area contributed by atoms with E-state index in [1.54, 1.807) is 24.6 Å². The van der Waals surface area contributed by atoms with Gasteiger partial charge in [0.2, 0.25) is 0 Å². The van der Waals surface area contributed by atoms with Crippen LogP contribution < -0.4 is 5.32 Å². The molecule has 0 aliphatic rings. The Bertz CT molecular complexity index is 760. The Morgan fingerprint density at radius 1 is 1.29 bits per heavy atom. The van der Waals surface area contributed by atoms with Crippen LogP contribution in [0.15, 0.2) is 36.7 Å². The molecule has 0 amide bonds. The standard InChI is InChI=1S/C15H14ClN3OS/c1-20-8-7-18-15-19-9-13(21-15)11-4-5-12(16)10-3-2-6-17-14(10)11/h2-6,9H,7-8H2,1H3,(H,18,19). The third-order valence-corrected chi connectivity index (χ3v) is 4.39. The zero-order chi connectivity index (χ0) is 14.7. The molecule has 0 bridgehead atoms. The monoisotopic (exact) mass is 319 g/mol. The molecule has 0 saturated heterocycles. The van der Waals surface area contributed by atoms with E-state index in [1.807, 2.05) is 30.5 Å². The van der Waals surface area contributed by atoms with Gasteiger partial charge in [-0.15, -0.1) is 0 Å². The molecule has 0 atom stereocenters. The minimum atomic E-state index is 0.653. The molecule has 0 unspecified atom stereocenters. The van der Waals surface area contributed by atoms with Crippen molar-refractivity contribution in [1.82, 2.24) is 9.97 Å². The van der Waals surface area contributed by atoms with Crippen LogP contribution in [0.25, 0.3) is 21.3 Å². The van der Waals surface area contributed by atoms with Gasteiger partial charge in [0.15, 0.2) is 5.13 Å². The average molecular weight is 320 g/mol. The van der Waals surface area contributed by atoms with Crippen molar-refractivity contribution in [2.45, 2.75) is 0 Å². The van der Waals surface area contributed by atoms with Gasteiger partial charge in [-0.05, 0) is 24.3 Å². The normalized spacial score (nSPS) is 11.0. The van der Waals surface area contributed by atoms with Crippen LogP contribution in [0.3, 0.4) is 0 Å². The number of hydrogen-bond donors (Lipinski definition) is 1. The Morgan fingerprint density at radius 3 is 3.05 bits per heavy atom. The van der Waals surface area contributed by atoms with Crippen LogP contribution in [0.2, 0.25) is 5.02 Å². The number of fused-ring (bicyclic) bond motifs is 1. The van der Waals surface area contributed by atoms with Crippen molar-refractivity contribution in [2.75, 3.05) is 25.6 Å². The molecule has 2 heterocycles. The molecule has 1 N–H and O–H groups in total. The summed E-state index contributed by atoms with van der Waals surface area (Å²) in [6.45, 7) is 1.39. The van der Waals surface area contributed by atoms with Crippen LogP contribution in [0.5, 0.6) is 0 Å². The van der Waals surface area contributed by atoms with Crippen molar-refractivity contribution in [3.63, 3.8) is 0 Å². The molecule has 0 fully saturated rings. The van der Waals surface area contributed by atoms with Crippen LogP contribution >= 0.6 is 22.9 Å². The molecule has 6 heteroatoms. The summed E-state index contributed by atoms with van der Waals surface area (Å²) in [5.41, 5.74) is 1.95. The summed E-state index contributed by atoms with van der Waals surface area (Å²) in [4.78, 5) is 9.91. The summed E-state index contributed by atoms with van der Waals surface area (Å²) >= 11 is 7.82. The lowest BCUT2D eigenvalue weighted by Crippen LogP contribution is -2.06. The lowest BCUT2D eigenvalue weighted by atomic mass is 10.1. The second-order valence-corrected chi connectivity index (χ2v) is 5.88. The predicted octanol–water partition coefficient (Wildman–Crippen LogP) is 4.07. The third-order valence-electron chi connectivity index (χ3n) is 3.07. The maximum atomic E-state index is 6.23. The Morgan fingerprint density at radius 2 is 2.19 bits per heavy atom. The molecule has 108 valence electrons. The number of nitrogens with one attached hydrogen (secondary N) is 1. The summed E-state index contributed by atoms with van der Waals surface area (Å²) in [7, 11) is 1.68. The van der Waals surface area contributed by atoms with Crippen molar-refractivity contribution in [3.8, 4) is 10.4 Å². The first kappa shape index (κ1) is 14.3. The van der Waals surface area contributed by atoms with Crippen molar-refractivity contribution < 1.29 is 4.74 Å². The van der Waals surface area contributed by atoms with Gasteiger partial charge >= 0.3 is 0 Å².